The van der Waals surface area contributed by atoms with Crippen LogP contribution in [0, 0.1) is 0 Å². The molecule has 128 valence electrons. The van der Waals surface area contributed by atoms with Crippen molar-refractivity contribution in [2.75, 3.05) is 20.6 Å². The third-order valence-electron chi connectivity index (χ3n) is 4.54. The van der Waals surface area contributed by atoms with Crippen molar-refractivity contribution in [2.45, 2.75) is 18.9 Å². The lowest BCUT2D eigenvalue weighted by Crippen LogP contribution is -2.34. The smallest absolute Gasteiger partial charge is 0.169 e. The Balaban J connectivity index is 1.84. The molecule has 0 radical (unpaired) electrons. The first kappa shape index (κ1) is 17.4. The predicted octanol–water partition coefficient (Wildman–Crippen LogP) is 4.11. The second-order valence-corrected chi connectivity index (χ2v) is 6.78. The van der Waals surface area contributed by atoms with Gasteiger partial charge in [0, 0.05) is 31.0 Å². The first-order chi connectivity index (χ1) is 12.2. The van der Waals surface area contributed by atoms with E-state index in [1.165, 1.54) is 16.7 Å². The Labute approximate surface area is 151 Å². The van der Waals surface area contributed by atoms with Gasteiger partial charge < -0.3 is 4.90 Å². The SMILES string of the molecule is CN(C)CCC[n+]1ccc(C(c2ccccc2)c2ccccc2)cc1. The lowest BCUT2D eigenvalue weighted by Gasteiger charge is -2.18. The Morgan fingerprint density at radius 1 is 0.720 bits per heavy atom. The van der Waals surface area contributed by atoms with Crippen molar-refractivity contribution in [3.8, 4) is 0 Å². The van der Waals surface area contributed by atoms with Gasteiger partial charge in [0.2, 0.25) is 0 Å². The molecule has 3 aromatic rings. The summed E-state index contributed by atoms with van der Waals surface area (Å²) < 4.78 is 2.28. The Kier molecular flexibility index (Phi) is 5.97. The largest absolute Gasteiger partial charge is 0.309 e. The Bertz CT molecular complexity index is 710. The summed E-state index contributed by atoms with van der Waals surface area (Å²) >= 11 is 0. The van der Waals surface area contributed by atoms with Crippen molar-refractivity contribution in [1.82, 2.24) is 4.90 Å². The van der Waals surface area contributed by atoms with Gasteiger partial charge in [0.1, 0.15) is 6.54 Å². The number of hydrogen-bond donors (Lipinski definition) is 0. The van der Waals surface area contributed by atoms with Gasteiger partial charge in [-0.3, -0.25) is 0 Å². The van der Waals surface area contributed by atoms with Crippen molar-refractivity contribution in [3.63, 3.8) is 0 Å². The van der Waals surface area contributed by atoms with Crippen LogP contribution < -0.4 is 4.57 Å². The minimum absolute atomic E-state index is 0.277. The standard InChI is InChI=1S/C23H27N2/c1-24(2)16-9-17-25-18-14-22(15-19-25)23(20-10-5-3-6-11-20)21-12-7-4-8-13-21/h3-8,10-15,18-19,23H,9,16-17H2,1-2H3/q+1. The van der Waals surface area contributed by atoms with Crippen molar-refractivity contribution in [2.24, 2.45) is 0 Å². The van der Waals surface area contributed by atoms with Gasteiger partial charge in [0.05, 0.1) is 0 Å². The summed E-state index contributed by atoms with van der Waals surface area (Å²) in [6, 6.07) is 26.0. The summed E-state index contributed by atoms with van der Waals surface area (Å²) in [6.45, 7) is 2.17. The highest BCUT2D eigenvalue weighted by molar-refractivity contribution is 5.41. The number of benzene rings is 2. The molecule has 3 rings (SSSR count). The fourth-order valence-electron chi connectivity index (χ4n) is 3.25. The van der Waals surface area contributed by atoms with Crippen LogP contribution >= 0.6 is 0 Å². The zero-order valence-electron chi connectivity index (χ0n) is 15.2. The fourth-order valence-corrected chi connectivity index (χ4v) is 3.25. The number of hydrogen-bond acceptors (Lipinski definition) is 1. The molecule has 0 aliphatic rings. The highest BCUT2D eigenvalue weighted by Crippen LogP contribution is 2.30. The second-order valence-electron chi connectivity index (χ2n) is 6.78. The number of nitrogens with zero attached hydrogens (tertiary/aromatic N) is 2. The minimum Gasteiger partial charge on any atom is -0.309 e. The molecule has 2 nitrogen and oxygen atoms in total. The molecule has 1 aromatic heterocycles. The van der Waals surface area contributed by atoms with Crippen LogP contribution in [-0.2, 0) is 6.54 Å². The van der Waals surface area contributed by atoms with Gasteiger partial charge in [-0.2, -0.15) is 0 Å². The van der Waals surface area contributed by atoms with Crippen LogP contribution in [0.4, 0.5) is 0 Å². The summed E-state index contributed by atoms with van der Waals surface area (Å²) in [6.07, 6.45) is 5.59. The Morgan fingerprint density at radius 2 is 1.20 bits per heavy atom. The van der Waals surface area contributed by atoms with E-state index in [2.05, 4.69) is 109 Å². The average molecular weight is 331 g/mol. The topological polar surface area (TPSA) is 7.12 Å². The normalized spacial score (nSPS) is 11.2. The summed E-state index contributed by atoms with van der Waals surface area (Å²) in [5.41, 5.74) is 4.00. The molecule has 0 atom stereocenters. The van der Waals surface area contributed by atoms with E-state index in [-0.39, 0.29) is 5.92 Å². The maximum absolute atomic E-state index is 2.28. The summed E-state index contributed by atoms with van der Waals surface area (Å²) in [4.78, 5) is 2.23. The molecule has 0 spiro atoms. The molecule has 0 N–H and O–H groups in total. The van der Waals surface area contributed by atoms with Crippen LogP contribution in [0.1, 0.15) is 29.0 Å². The average Bonchev–Trinajstić information content (AvgIpc) is 2.65. The van der Waals surface area contributed by atoms with Gasteiger partial charge in [-0.05, 0) is 30.8 Å². The zero-order valence-corrected chi connectivity index (χ0v) is 15.2. The van der Waals surface area contributed by atoms with E-state index >= 15 is 0 Å². The minimum atomic E-state index is 0.277. The van der Waals surface area contributed by atoms with Crippen LogP contribution in [0.25, 0.3) is 0 Å². The molecule has 0 fully saturated rings. The molecule has 2 heteroatoms. The van der Waals surface area contributed by atoms with Crippen LogP contribution in [0.15, 0.2) is 85.2 Å². The first-order valence-corrected chi connectivity index (χ1v) is 8.97. The quantitative estimate of drug-likeness (QED) is 0.591. The van der Waals surface area contributed by atoms with E-state index in [0.717, 1.165) is 19.5 Å². The fraction of sp³-hybridized carbons (Fsp3) is 0.261. The van der Waals surface area contributed by atoms with Crippen molar-refractivity contribution >= 4 is 0 Å². The number of aromatic nitrogens is 1. The Hall–Kier alpha value is -2.45. The molecule has 1 heterocycles. The van der Waals surface area contributed by atoms with E-state index in [1.807, 2.05) is 0 Å². The molecule has 25 heavy (non-hydrogen) atoms. The highest BCUT2D eigenvalue weighted by Gasteiger charge is 2.17. The number of pyridine rings is 1. The van der Waals surface area contributed by atoms with E-state index in [1.54, 1.807) is 0 Å². The van der Waals surface area contributed by atoms with Crippen LogP contribution in [0.2, 0.25) is 0 Å². The van der Waals surface area contributed by atoms with Gasteiger partial charge in [0.25, 0.3) is 0 Å². The lowest BCUT2D eigenvalue weighted by atomic mass is 9.86. The number of aryl methyl sites for hydroxylation is 1. The van der Waals surface area contributed by atoms with Crippen LogP contribution in [0.3, 0.4) is 0 Å². The Morgan fingerprint density at radius 3 is 1.68 bits per heavy atom. The zero-order chi connectivity index (χ0) is 17.5. The van der Waals surface area contributed by atoms with Gasteiger partial charge in [0.15, 0.2) is 12.4 Å². The van der Waals surface area contributed by atoms with Gasteiger partial charge in [-0.1, -0.05) is 60.7 Å². The van der Waals surface area contributed by atoms with Gasteiger partial charge in [-0.25, -0.2) is 4.57 Å². The maximum atomic E-state index is 2.28. The van der Waals surface area contributed by atoms with Crippen molar-refractivity contribution in [1.29, 1.82) is 0 Å². The monoisotopic (exact) mass is 331 g/mol. The van der Waals surface area contributed by atoms with Crippen molar-refractivity contribution in [3.05, 3.63) is 102 Å². The third kappa shape index (κ3) is 4.77. The molecular formula is C23H27N2+. The van der Waals surface area contributed by atoms with Gasteiger partial charge in [-0.15, -0.1) is 0 Å². The predicted molar refractivity (Wildman–Crippen MR) is 104 cm³/mol. The van der Waals surface area contributed by atoms with E-state index < -0.39 is 0 Å². The molecule has 0 bridgehead atoms. The molecule has 0 aliphatic carbocycles. The van der Waals surface area contributed by atoms with E-state index in [9.17, 15) is 0 Å². The maximum Gasteiger partial charge on any atom is 0.169 e. The highest BCUT2D eigenvalue weighted by atomic mass is 15.1. The molecule has 0 saturated heterocycles. The molecule has 0 unspecified atom stereocenters. The van der Waals surface area contributed by atoms with Crippen LogP contribution in [-0.4, -0.2) is 25.5 Å². The van der Waals surface area contributed by atoms with E-state index in [0.29, 0.717) is 0 Å². The molecular weight excluding hydrogens is 304 g/mol. The third-order valence-corrected chi connectivity index (χ3v) is 4.54. The summed E-state index contributed by atoms with van der Waals surface area (Å²) in [7, 11) is 4.25. The summed E-state index contributed by atoms with van der Waals surface area (Å²) in [5.74, 6) is 0.277. The molecule has 0 aliphatic heterocycles. The van der Waals surface area contributed by atoms with Crippen LogP contribution in [0.5, 0.6) is 0 Å². The van der Waals surface area contributed by atoms with Crippen molar-refractivity contribution < 1.29 is 4.57 Å². The van der Waals surface area contributed by atoms with E-state index in [4.69, 9.17) is 0 Å². The molecule has 0 amide bonds. The molecule has 0 saturated carbocycles. The molecule has 2 aromatic carbocycles. The first-order valence-electron chi connectivity index (χ1n) is 8.97. The second kappa shape index (κ2) is 8.59. The lowest BCUT2D eigenvalue weighted by molar-refractivity contribution is -0.697. The van der Waals surface area contributed by atoms with Gasteiger partial charge >= 0.3 is 0 Å². The summed E-state index contributed by atoms with van der Waals surface area (Å²) in [5, 5.41) is 0. The number of rotatable bonds is 7.